The van der Waals surface area contributed by atoms with Crippen molar-refractivity contribution in [2.45, 2.75) is 46.2 Å². The molecule has 0 aromatic carbocycles. The zero-order valence-electron chi connectivity index (χ0n) is 14.0. The van der Waals surface area contributed by atoms with Crippen LogP contribution in [-0.4, -0.2) is 40.3 Å². The number of amides is 1. The van der Waals surface area contributed by atoms with Crippen molar-refractivity contribution in [3.05, 3.63) is 23.5 Å². The maximum Gasteiger partial charge on any atom is 0.252 e. The molecule has 0 bridgehead atoms. The summed E-state index contributed by atoms with van der Waals surface area (Å²) in [5, 5.41) is 11.3. The van der Waals surface area contributed by atoms with Gasteiger partial charge in [-0.05, 0) is 40.3 Å². The van der Waals surface area contributed by atoms with E-state index in [2.05, 4.69) is 34.6 Å². The van der Waals surface area contributed by atoms with Gasteiger partial charge in [-0.3, -0.25) is 4.79 Å². The first-order valence-corrected chi connectivity index (χ1v) is 7.78. The molecule has 0 aliphatic rings. The third kappa shape index (κ3) is 3.27. The van der Waals surface area contributed by atoms with E-state index in [4.69, 9.17) is 0 Å². The summed E-state index contributed by atoms with van der Waals surface area (Å²) >= 11 is 0. The molecule has 2 heterocycles. The fourth-order valence-corrected chi connectivity index (χ4v) is 2.27. The number of pyridine rings is 1. The lowest BCUT2D eigenvalue weighted by molar-refractivity contribution is 0.0952. The Hall–Kier alpha value is -1.95. The third-order valence-electron chi connectivity index (χ3n) is 4.01. The molecule has 2 unspecified atom stereocenters. The second-order valence-corrected chi connectivity index (χ2v) is 5.79. The quantitative estimate of drug-likeness (QED) is 0.856. The summed E-state index contributed by atoms with van der Waals surface area (Å²) in [6.07, 6.45) is 2.71. The number of aryl methyl sites for hydroxylation is 1. The molecular formula is C16H25N5O. The van der Waals surface area contributed by atoms with Gasteiger partial charge in [0, 0.05) is 18.3 Å². The average Bonchev–Trinajstić information content (AvgIpc) is 2.94. The number of likely N-dealkylation sites (N-methyl/N-ethyl adjacent to an activating group) is 1. The van der Waals surface area contributed by atoms with Gasteiger partial charge in [0.15, 0.2) is 5.65 Å². The predicted octanol–water partition coefficient (Wildman–Crippen LogP) is 2.05. The fourth-order valence-electron chi connectivity index (χ4n) is 2.27. The van der Waals surface area contributed by atoms with Gasteiger partial charge < -0.3 is 10.6 Å². The van der Waals surface area contributed by atoms with E-state index < -0.39 is 0 Å². The van der Waals surface area contributed by atoms with Crippen molar-refractivity contribution in [1.82, 2.24) is 25.4 Å². The fraction of sp³-hybridized carbons (Fsp3) is 0.562. The lowest BCUT2D eigenvalue weighted by Crippen LogP contribution is -2.37. The highest BCUT2D eigenvalue weighted by Crippen LogP contribution is 2.22. The number of rotatable bonds is 6. The second kappa shape index (κ2) is 6.87. The van der Waals surface area contributed by atoms with E-state index in [0.717, 1.165) is 23.1 Å². The SMILES string of the molecule is CCC(C)n1ncc2c(C(=O)NCC(C)NC)cc(C)nc21. The Morgan fingerprint density at radius 3 is 2.77 bits per heavy atom. The molecule has 2 aromatic rings. The van der Waals surface area contributed by atoms with Crippen molar-refractivity contribution in [2.24, 2.45) is 0 Å². The summed E-state index contributed by atoms with van der Waals surface area (Å²) in [5.74, 6) is -0.0821. The minimum absolute atomic E-state index is 0.0821. The first-order chi connectivity index (χ1) is 10.5. The molecule has 2 atom stereocenters. The minimum atomic E-state index is -0.0821. The van der Waals surface area contributed by atoms with Crippen LogP contribution in [0.25, 0.3) is 11.0 Å². The standard InChI is InChI=1S/C16H25N5O/c1-6-12(4)21-15-14(9-19-21)13(7-10(2)20-15)16(22)18-8-11(3)17-5/h7,9,11-12,17H,6,8H2,1-5H3,(H,18,22). The van der Waals surface area contributed by atoms with Gasteiger partial charge in [-0.2, -0.15) is 5.10 Å². The number of fused-ring (bicyclic) bond motifs is 1. The van der Waals surface area contributed by atoms with Gasteiger partial charge >= 0.3 is 0 Å². The summed E-state index contributed by atoms with van der Waals surface area (Å²) in [5.41, 5.74) is 2.24. The highest BCUT2D eigenvalue weighted by atomic mass is 16.1. The van der Waals surface area contributed by atoms with Crippen molar-refractivity contribution < 1.29 is 4.79 Å². The lowest BCUT2D eigenvalue weighted by atomic mass is 10.1. The van der Waals surface area contributed by atoms with Crippen LogP contribution in [0.4, 0.5) is 0 Å². The molecule has 2 aromatic heterocycles. The summed E-state index contributed by atoms with van der Waals surface area (Å²) < 4.78 is 1.90. The number of nitrogens with one attached hydrogen (secondary N) is 2. The van der Waals surface area contributed by atoms with Crippen LogP contribution in [0.15, 0.2) is 12.3 Å². The van der Waals surface area contributed by atoms with Crippen molar-refractivity contribution in [3.8, 4) is 0 Å². The largest absolute Gasteiger partial charge is 0.350 e. The van der Waals surface area contributed by atoms with Crippen LogP contribution in [-0.2, 0) is 0 Å². The smallest absolute Gasteiger partial charge is 0.252 e. The van der Waals surface area contributed by atoms with Crippen LogP contribution in [0, 0.1) is 6.92 Å². The van der Waals surface area contributed by atoms with E-state index in [9.17, 15) is 4.79 Å². The zero-order chi connectivity index (χ0) is 16.3. The topological polar surface area (TPSA) is 71.8 Å². The van der Waals surface area contributed by atoms with Gasteiger partial charge in [-0.1, -0.05) is 6.92 Å². The Kier molecular flexibility index (Phi) is 5.13. The Balaban J connectivity index is 2.38. The van der Waals surface area contributed by atoms with E-state index in [1.54, 1.807) is 6.20 Å². The number of carbonyl (C=O) groups excluding carboxylic acids is 1. The van der Waals surface area contributed by atoms with Gasteiger partial charge in [0.1, 0.15) is 0 Å². The second-order valence-electron chi connectivity index (χ2n) is 5.79. The van der Waals surface area contributed by atoms with E-state index in [0.29, 0.717) is 12.1 Å². The van der Waals surface area contributed by atoms with E-state index >= 15 is 0 Å². The molecule has 2 N–H and O–H groups in total. The predicted molar refractivity (Wildman–Crippen MR) is 88.1 cm³/mol. The molecule has 0 saturated heterocycles. The first kappa shape index (κ1) is 16.4. The van der Waals surface area contributed by atoms with E-state index in [1.165, 1.54) is 0 Å². The van der Waals surface area contributed by atoms with Crippen molar-refractivity contribution in [1.29, 1.82) is 0 Å². The Labute approximate surface area is 131 Å². The highest BCUT2D eigenvalue weighted by molar-refractivity contribution is 6.05. The summed E-state index contributed by atoms with van der Waals surface area (Å²) in [4.78, 5) is 17.0. The summed E-state index contributed by atoms with van der Waals surface area (Å²) in [7, 11) is 1.88. The lowest BCUT2D eigenvalue weighted by Gasteiger charge is -2.13. The number of hydrogen-bond acceptors (Lipinski definition) is 4. The Morgan fingerprint density at radius 1 is 1.41 bits per heavy atom. The number of nitrogens with zero attached hydrogens (tertiary/aromatic N) is 3. The maximum atomic E-state index is 12.5. The van der Waals surface area contributed by atoms with Crippen LogP contribution in [0.5, 0.6) is 0 Å². The molecule has 6 nitrogen and oxygen atoms in total. The van der Waals surface area contributed by atoms with Crippen molar-refractivity contribution in [3.63, 3.8) is 0 Å². The molecule has 120 valence electrons. The first-order valence-electron chi connectivity index (χ1n) is 7.78. The van der Waals surface area contributed by atoms with Gasteiger partial charge in [0.05, 0.1) is 23.2 Å². The number of carbonyl (C=O) groups is 1. The molecule has 0 aliphatic heterocycles. The Morgan fingerprint density at radius 2 is 2.14 bits per heavy atom. The molecule has 2 rings (SSSR count). The highest BCUT2D eigenvalue weighted by Gasteiger charge is 2.17. The van der Waals surface area contributed by atoms with Crippen molar-refractivity contribution in [2.75, 3.05) is 13.6 Å². The Bertz CT molecular complexity index is 664. The average molecular weight is 303 g/mol. The molecule has 0 radical (unpaired) electrons. The summed E-state index contributed by atoms with van der Waals surface area (Å²) in [6.45, 7) is 8.72. The van der Waals surface area contributed by atoms with Crippen LogP contribution in [0.3, 0.4) is 0 Å². The molecule has 6 heteroatoms. The summed E-state index contributed by atoms with van der Waals surface area (Å²) in [6, 6.07) is 2.31. The van der Waals surface area contributed by atoms with Gasteiger partial charge in [0.25, 0.3) is 5.91 Å². The molecule has 0 aliphatic carbocycles. The van der Waals surface area contributed by atoms with Crippen LogP contribution >= 0.6 is 0 Å². The molecule has 0 fully saturated rings. The normalized spacial score (nSPS) is 14.0. The zero-order valence-corrected chi connectivity index (χ0v) is 14.0. The number of hydrogen-bond donors (Lipinski definition) is 2. The molecule has 1 amide bonds. The van der Waals surface area contributed by atoms with E-state index in [1.807, 2.05) is 31.6 Å². The van der Waals surface area contributed by atoms with Crippen LogP contribution in [0.2, 0.25) is 0 Å². The molecule has 0 spiro atoms. The van der Waals surface area contributed by atoms with Gasteiger partial charge in [-0.15, -0.1) is 0 Å². The monoisotopic (exact) mass is 303 g/mol. The van der Waals surface area contributed by atoms with Crippen LogP contribution < -0.4 is 10.6 Å². The van der Waals surface area contributed by atoms with Gasteiger partial charge in [-0.25, -0.2) is 9.67 Å². The minimum Gasteiger partial charge on any atom is -0.350 e. The molecular weight excluding hydrogens is 278 g/mol. The molecule has 22 heavy (non-hydrogen) atoms. The number of aromatic nitrogens is 3. The van der Waals surface area contributed by atoms with E-state index in [-0.39, 0.29) is 18.0 Å². The van der Waals surface area contributed by atoms with Crippen LogP contribution in [0.1, 0.15) is 49.3 Å². The van der Waals surface area contributed by atoms with Gasteiger partial charge in [0.2, 0.25) is 0 Å². The maximum absolute atomic E-state index is 12.5. The van der Waals surface area contributed by atoms with Crippen molar-refractivity contribution >= 4 is 16.9 Å². The molecule has 0 saturated carbocycles. The third-order valence-corrected chi connectivity index (χ3v) is 4.01.